The highest BCUT2D eigenvalue weighted by Crippen LogP contribution is 2.68. The van der Waals surface area contributed by atoms with Gasteiger partial charge in [-0.15, -0.1) is 0 Å². The zero-order valence-electron chi connectivity index (χ0n) is 20.9. The molecule has 2 N–H and O–H groups in total. The van der Waals surface area contributed by atoms with E-state index >= 15 is 0 Å². The molecule has 2 nitrogen and oxygen atoms in total. The average Bonchev–Trinajstić information content (AvgIpc) is 3.02. The van der Waals surface area contributed by atoms with Crippen LogP contribution in [0.3, 0.4) is 0 Å². The third-order valence-corrected chi connectivity index (χ3v) is 11.6. The smallest absolute Gasteiger partial charge is 0.134 e. The molecule has 31 heavy (non-hydrogen) atoms. The molecule has 9 atom stereocenters. The fourth-order valence-corrected chi connectivity index (χ4v) is 9.36. The number of alkyl halides is 1. The van der Waals surface area contributed by atoms with Gasteiger partial charge in [-0.2, -0.15) is 0 Å². The van der Waals surface area contributed by atoms with Crippen LogP contribution in [0.15, 0.2) is 11.6 Å². The van der Waals surface area contributed by atoms with E-state index in [-0.39, 0.29) is 11.5 Å². The van der Waals surface area contributed by atoms with Crippen molar-refractivity contribution in [1.82, 2.24) is 0 Å². The second-order valence-corrected chi connectivity index (χ2v) is 15.4. The molecule has 0 bridgehead atoms. The van der Waals surface area contributed by atoms with E-state index in [0.717, 1.165) is 42.9 Å². The number of aliphatic hydroxyl groups excluding tert-OH is 1. The number of rotatable bonds is 4. The molecule has 0 amide bonds. The van der Waals surface area contributed by atoms with Gasteiger partial charge in [-0.25, -0.2) is 0 Å². The Balaban J connectivity index is 1.48. The molecule has 178 valence electrons. The van der Waals surface area contributed by atoms with E-state index in [0.29, 0.717) is 16.7 Å². The summed E-state index contributed by atoms with van der Waals surface area (Å²) in [5, 5.41) is 21.2. The summed E-state index contributed by atoms with van der Waals surface area (Å²) in [5.41, 5.74) is 2.37. The van der Waals surface area contributed by atoms with E-state index in [1.54, 1.807) is 5.57 Å². The molecule has 3 fully saturated rings. The molecule has 0 radical (unpaired) electrons. The van der Waals surface area contributed by atoms with Crippen molar-refractivity contribution in [2.75, 3.05) is 0 Å². The highest BCUT2D eigenvalue weighted by molar-refractivity contribution is 14.1. The zero-order chi connectivity index (χ0) is 22.8. The highest BCUT2D eigenvalue weighted by atomic mass is 127. The van der Waals surface area contributed by atoms with Crippen LogP contribution in [-0.4, -0.2) is 19.9 Å². The van der Waals surface area contributed by atoms with E-state index in [1.807, 2.05) is 0 Å². The van der Waals surface area contributed by atoms with Crippen molar-refractivity contribution >= 4 is 22.6 Å². The van der Waals surface area contributed by atoms with Gasteiger partial charge in [-0.05, 0) is 139 Å². The molecule has 0 spiro atoms. The van der Waals surface area contributed by atoms with Gasteiger partial charge in [-0.3, -0.25) is 0 Å². The molecular formula is C28H47IO2. The van der Waals surface area contributed by atoms with Gasteiger partial charge in [0.15, 0.2) is 0 Å². The fraction of sp³-hybridized carbons (Fsp3) is 0.929. The maximum atomic E-state index is 10.6. The Hall–Kier alpha value is 0.390. The lowest BCUT2D eigenvalue weighted by molar-refractivity contribution is -0.0642. The monoisotopic (exact) mass is 542 g/mol. The number of hydrogen-bond donors (Lipinski definition) is 2. The van der Waals surface area contributed by atoms with Gasteiger partial charge in [-0.1, -0.05) is 47.1 Å². The van der Waals surface area contributed by atoms with Crippen LogP contribution in [0.5, 0.6) is 0 Å². The normalized spacial score (nSPS) is 47.1. The lowest BCUT2D eigenvalue weighted by atomic mass is 9.46. The van der Waals surface area contributed by atoms with Crippen molar-refractivity contribution in [3.05, 3.63) is 11.6 Å². The first-order valence-electron chi connectivity index (χ1n) is 13.1. The maximum absolute atomic E-state index is 10.6. The summed E-state index contributed by atoms with van der Waals surface area (Å²) in [5.74, 6) is 4.10. The van der Waals surface area contributed by atoms with Crippen LogP contribution in [0.25, 0.3) is 0 Å². The third kappa shape index (κ3) is 4.31. The first-order valence-corrected chi connectivity index (χ1v) is 14.2. The summed E-state index contributed by atoms with van der Waals surface area (Å²) in [6.45, 7) is 14.1. The standard InChI is InChI=1S/C28H47IO2/c1-18(7-12-24(30)25(2,3)4)21-10-11-22-20-9-8-19-17-28(29,31)16-15-26(19,5)23(20)13-14-27(21,22)6/h17-18,20-24,30-31H,7-16H2,1-6H3/t18-,20+,21-,22+,23+,24?,26+,27-,28+/m1/s1. The molecule has 0 saturated heterocycles. The Labute approximate surface area is 205 Å². The molecule has 4 aliphatic carbocycles. The predicted octanol–water partition coefficient (Wildman–Crippen LogP) is 7.51. The lowest BCUT2D eigenvalue weighted by Crippen LogP contribution is -2.51. The van der Waals surface area contributed by atoms with Gasteiger partial charge >= 0.3 is 0 Å². The van der Waals surface area contributed by atoms with Crippen molar-refractivity contribution in [3.8, 4) is 0 Å². The van der Waals surface area contributed by atoms with Gasteiger partial charge in [0.2, 0.25) is 0 Å². The summed E-state index contributed by atoms with van der Waals surface area (Å²) in [7, 11) is 0. The fourth-order valence-electron chi connectivity index (χ4n) is 8.71. The largest absolute Gasteiger partial charge is 0.393 e. The van der Waals surface area contributed by atoms with E-state index in [2.05, 4.69) is 70.2 Å². The first-order chi connectivity index (χ1) is 14.3. The van der Waals surface area contributed by atoms with Crippen LogP contribution in [-0.2, 0) is 0 Å². The molecule has 4 aliphatic rings. The summed E-state index contributed by atoms with van der Waals surface area (Å²) < 4.78 is -0.617. The predicted molar refractivity (Wildman–Crippen MR) is 138 cm³/mol. The van der Waals surface area contributed by atoms with E-state index < -0.39 is 3.61 Å². The minimum Gasteiger partial charge on any atom is -0.393 e. The highest BCUT2D eigenvalue weighted by Gasteiger charge is 2.59. The number of hydrogen-bond acceptors (Lipinski definition) is 2. The molecular weight excluding hydrogens is 495 g/mol. The van der Waals surface area contributed by atoms with Crippen molar-refractivity contribution in [1.29, 1.82) is 0 Å². The van der Waals surface area contributed by atoms with Crippen LogP contribution in [0, 0.1) is 45.8 Å². The second kappa shape index (κ2) is 8.26. The number of aliphatic hydroxyl groups is 2. The Morgan fingerprint density at radius 2 is 1.74 bits per heavy atom. The Kier molecular flexibility index (Phi) is 6.53. The van der Waals surface area contributed by atoms with Crippen LogP contribution in [0.1, 0.15) is 106 Å². The molecule has 0 aliphatic heterocycles. The van der Waals surface area contributed by atoms with E-state index in [4.69, 9.17) is 0 Å². The van der Waals surface area contributed by atoms with Gasteiger partial charge in [0.25, 0.3) is 0 Å². The average molecular weight is 543 g/mol. The molecule has 0 aromatic heterocycles. The summed E-state index contributed by atoms with van der Waals surface area (Å²) >= 11 is 2.25. The maximum Gasteiger partial charge on any atom is 0.134 e. The third-order valence-electron chi connectivity index (χ3n) is 10.8. The zero-order valence-corrected chi connectivity index (χ0v) is 23.0. The quantitative estimate of drug-likeness (QED) is 0.219. The molecule has 0 aromatic rings. The molecule has 0 aromatic carbocycles. The van der Waals surface area contributed by atoms with Gasteiger partial charge in [0, 0.05) is 0 Å². The Morgan fingerprint density at radius 1 is 1.03 bits per heavy atom. The SMILES string of the molecule is C[C@H](CCC(O)C(C)(C)C)[C@H]1CC[C@H]2[C@@H]3CCC4=C[C@](O)(I)CC[C@]4(C)[C@H]3CC[C@]12C. The topological polar surface area (TPSA) is 40.5 Å². The minimum absolute atomic E-state index is 0.00718. The molecule has 3 heteroatoms. The van der Waals surface area contributed by atoms with E-state index in [9.17, 15) is 10.2 Å². The van der Waals surface area contributed by atoms with Crippen molar-refractivity contribution in [2.45, 2.75) is 115 Å². The molecule has 3 saturated carbocycles. The lowest BCUT2D eigenvalue weighted by Gasteiger charge is -2.59. The van der Waals surface area contributed by atoms with E-state index in [1.165, 1.54) is 44.9 Å². The van der Waals surface area contributed by atoms with Crippen LogP contribution >= 0.6 is 22.6 Å². The number of allylic oxidation sites excluding steroid dienone is 1. The second-order valence-electron chi connectivity index (χ2n) is 13.5. The van der Waals surface area contributed by atoms with Crippen LogP contribution in [0.4, 0.5) is 0 Å². The Bertz CT molecular complexity index is 706. The molecule has 1 unspecified atom stereocenters. The van der Waals surface area contributed by atoms with Crippen molar-refractivity contribution in [3.63, 3.8) is 0 Å². The number of halogens is 1. The minimum atomic E-state index is -0.617. The van der Waals surface area contributed by atoms with Crippen LogP contribution in [0.2, 0.25) is 0 Å². The van der Waals surface area contributed by atoms with Gasteiger partial charge < -0.3 is 10.2 Å². The molecule has 4 rings (SSSR count). The first kappa shape index (κ1) is 24.5. The molecule has 0 heterocycles. The Morgan fingerprint density at radius 3 is 2.42 bits per heavy atom. The van der Waals surface area contributed by atoms with Crippen LogP contribution < -0.4 is 0 Å². The van der Waals surface area contributed by atoms with Gasteiger partial charge in [0.05, 0.1) is 6.10 Å². The summed E-state index contributed by atoms with van der Waals surface area (Å²) in [4.78, 5) is 0. The van der Waals surface area contributed by atoms with Gasteiger partial charge in [0.1, 0.15) is 3.61 Å². The number of fused-ring (bicyclic) bond motifs is 5. The van der Waals surface area contributed by atoms with Crippen molar-refractivity contribution in [2.24, 2.45) is 45.8 Å². The summed E-state index contributed by atoms with van der Waals surface area (Å²) in [6.07, 6.45) is 14.3. The van der Waals surface area contributed by atoms with Crippen molar-refractivity contribution < 1.29 is 10.2 Å². The summed E-state index contributed by atoms with van der Waals surface area (Å²) in [6, 6.07) is 0.